The van der Waals surface area contributed by atoms with Crippen LogP contribution in [0.1, 0.15) is 32.6 Å². The molecule has 0 aromatic rings. The number of rotatable bonds is 4. The lowest BCUT2D eigenvalue weighted by Gasteiger charge is -2.29. The molecule has 0 saturated carbocycles. The molecule has 0 aromatic heterocycles. The molecule has 0 aliphatic carbocycles. The number of hydrogen-bond acceptors (Lipinski definition) is 2. The predicted molar refractivity (Wildman–Crippen MR) is 57.1 cm³/mol. The highest BCUT2D eigenvalue weighted by atomic mass is 16.2. The maximum Gasteiger partial charge on any atom is 0.314 e. The third-order valence-electron chi connectivity index (χ3n) is 2.66. The van der Waals surface area contributed by atoms with Crippen molar-refractivity contribution in [2.45, 2.75) is 38.6 Å². The minimum Gasteiger partial charge on any atom is -0.351 e. The first-order valence-corrected chi connectivity index (χ1v) is 5.51. The fourth-order valence-electron chi connectivity index (χ4n) is 1.91. The lowest BCUT2D eigenvalue weighted by molar-refractivity contribution is 0.195. The van der Waals surface area contributed by atoms with Gasteiger partial charge in [-0.1, -0.05) is 13.3 Å². The predicted octanol–water partition coefficient (Wildman–Crippen LogP) is 0.919. The van der Waals surface area contributed by atoms with Gasteiger partial charge in [0.05, 0.1) is 0 Å². The number of nitrogens with zero attached hydrogens (tertiary/aromatic N) is 1. The Bertz CT molecular complexity index is 178. The number of primary amides is 1. The van der Waals surface area contributed by atoms with Crippen LogP contribution in [0.5, 0.6) is 0 Å². The summed E-state index contributed by atoms with van der Waals surface area (Å²) < 4.78 is 0. The molecule has 0 spiro atoms. The Morgan fingerprint density at radius 2 is 2.36 bits per heavy atom. The van der Waals surface area contributed by atoms with Gasteiger partial charge in [0.25, 0.3) is 0 Å². The number of carbonyl (C=O) groups excluding carboxylic acids is 1. The van der Waals surface area contributed by atoms with Crippen molar-refractivity contribution in [2.75, 3.05) is 19.6 Å². The molecular weight excluding hydrogens is 178 g/mol. The minimum absolute atomic E-state index is 0.292. The van der Waals surface area contributed by atoms with Crippen LogP contribution in [0.3, 0.4) is 0 Å². The van der Waals surface area contributed by atoms with Crippen molar-refractivity contribution in [1.82, 2.24) is 10.2 Å². The zero-order valence-electron chi connectivity index (χ0n) is 8.96. The highest BCUT2D eigenvalue weighted by Crippen LogP contribution is 2.08. The second-order valence-corrected chi connectivity index (χ2v) is 3.93. The van der Waals surface area contributed by atoms with Crippen molar-refractivity contribution >= 4 is 6.03 Å². The number of amides is 2. The molecule has 0 radical (unpaired) electrons. The second kappa shape index (κ2) is 5.86. The normalized spacial score (nSPS) is 21.9. The van der Waals surface area contributed by atoms with E-state index in [1.165, 1.54) is 12.8 Å². The molecule has 4 nitrogen and oxygen atoms in total. The van der Waals surface area contributed by atoms with Gasteiger partial charge in [-0.05, 0) is 25.8 Å². The fraction of sp³-hybridized carbons (Fsp3) is 0.900. The smallest absolute Gasteiger partial charge is 0.314 e. The largest absolute Gasteiger partial charge is 0.351 e. The topological polar surface area (TPSA) is 58.4 Å². The Hall–Kier alpha value is -0.770. The maximum atomic E-state index is 11.1. The van der Waals surface area contributed by atoms with Crippen LogP contribution in [0.25, 0.3) is 0 Å². The molecule has 1 aliphatic heterocycles. The van der Waals surface area contributed by atoms with E-state index >= 15 is 0 Å². The van der Waals surface area contributed by atoms with Crippen molar-refractivity contribution in [1.29, 1.82) is 0 Å². The van der Waals surface area contributed by atoms with Crippen LogP contribution in [0, 0.1) is 0 Å². The first kappa shape index (κ1) is 11.3. The third-order valence-corrected chi connectivity index (χ3v) is 2.66. The van der Waals surface area contributed by atoms with Gasteiger partial charge in [0.2, 0.25) is 0 Å². The number of urea groups is 1. The van der Waals surface area contributed by atoms with E-state index in [1.807, 2.05) is 0 Å². The molecule has 14 heavy (non-hydrogen) atoms. The van der Waals surface area contributed by atoms with Gasteiger partial charge in [0, 0.05) is 19.1 Å². The summed E-state index contributed by atoms with van der Waals surface area (Å²) in [6.07, 6.45) is 4.64. The number of carbonyl (C=O) groups is 1. The molecule has 3 N–H and O–H groups in total. The first-order valence-electron chi connectivity index (χ1n) is 5.51. The third kappa shape index (κ3) is 3.54. The fourth-order valence-corrected chi connectivity index (χ4v) is 1.91. The highest BCUT2D eigenvalue weighted by molar-refractivity contribution is 5.72. The van der Waals surface area contributed by atoms with E-state index in [9.17, 15) is 4.79 Å². The number of nitrogens with two attached hydrogens (primary N) is 1. The van der Waals surface area contributed by atoms with E-state index in [2.05, 4.69) is 12.2 Å². The Morgan fingerprint density at radius 1 is 1.57 bits per heavy atom. The molecule has 1 fully saturated rings. The van der Waals surface area contributed by atoms with E-state index in [0.717, 1.165) is 32.5 Å². The Labute approximate surface area is 85.8 Å². The van der Waals surface area contributed by atoms with Crippen molar-refractivity contribution in [3.63, 3.8) is 0 Å². The van der Waals surface area contributed by atoms with Gasteiger partial charge in [-0.3, -0.25) is 0 Å². The van der Waals surface area contributed by atoms with E-state index in [-0.39, 0.29) is 6.03 Å². The van der Waals surface area contributed by atoms with Gasteiger partial charge in [0.1, 0.15) is 0 Å². The Kier molecular flexibility index (Phi) is 4.73. The van der Waals surface area contributed by atoms with Gasteiger partial charge in [-0.25, -0.2) is 4.79 Å². The van der Waals surface area contributed by atoms with Crippen LogP contribution < -0.4 is 11.1 Å². The molecular formula is C10H21N3O. The van der Waals surface area contributed by atoms with Crippen molar-refractivity contribution in [3.8, 4) is 0 Å². The minimum atomic E-state index is -0.292. The molecule has 1 saturated heterocycles. The SMILES string of the molecule is CCCN(CC1CCCCN1)C(N)=O. The zero-order valence-corrected chi connectivity index (χ0v) is 8.96. The number of piperidine rings is 1. The van der Waals surface area contributed by atoms with Crippen molar-refractivity contribution in [3.05, 3.63) is 0 Å². The van der Waals surface area contributed by atoms with Gasteiger partial charge in [-0.15, -0.1) is 0 Å². The molecule has 1 rings (SSSR count). The summed E-state index contributed by atoms with van der Waals surface area (Å²) >= 11 is 0. The first-order chi connectivity index (χ1) is 6.74. The monoisotopic (exact) mass is 199 g/mol. The number of nitrogens with one attached hydrogen (secondary N) is 1. The molecule has 0 aromatic carbocycles. The maximum absolute atomic E-state index is 11.1. The summed E-state index contributed by atoms with van der Waals surface area (Å²) in [7, 11) is 0. The molecule has 0 bridgehead atoms. The standard InChI is InChI=1S/C10H21N3O/c1-2-7-13(10(11)14)8-9-5-3-4-6-12-9/h9,12H,2-8H2,1H3,(H2,11,14). The van der Waals surface area contributed by atoms with Crippen molar-refractivity contribution < 1.29 is 4.79 Å². The summed E-state index contributed by atoms with van der Waals surface area (Å²) in [5.41, 5.74) is 5.30. The summed E-state index contributed by atoms with van der Waals surface area (Å²) in [6, 6.07) is 0.155. The van der Waals surface area contributed by atoms with Gasteiger partial charge >= 0.3 is 6.03 Å². The lowest BCUT2D eigenvalue weighted by Crippen LogP contribution is -2.47. The van der Waals surface area contributed by atoms with Gasteiger partial charge in [-0.2, -0.15) is 0 Å². The summed E-state index contributed by atoms with van der Waals surface area (Å²) in [4.78, 5) is 12.8. The quantitative estimate of drug-likeness (QED) is 0.707. The Balaban J connectivity index is 2.33. The molecule has 1 atom stereocenters. The summed E-state index contributed by atoms with van der Waals surface area (Å²) in [6.45, 7) is 4.67. The molecule has 82 valence electrons. The van der Waals surface area contributed by atoms with Gasteiger partial charge in [0.15, 0.2) is 0 Å². The van der Waals surface area contributed by atoms with Crippen LogP contribution in [0.15, 0.2) is 0 Å². The van der Waals surface area contributed by atoms with Crippen LogP contribution in [-0.4, -0.2) is 36.6 Å². The number of hydrogen-bond donors (Lipinski definition) is 2. The molecule has 1 aliphatic rings. The zero-order chi connectivity index (χ0) is 10.4. The van der Waals surface area contributed by atoms with E-state index in [1.54, 1.807) is 4.90 Å². The summed E-state index contributed by atoms with van der Waals surface area (Å²) in [5.74, 6) is 0. The summed E-state index contributed by atoms with van der Waals surface area (Å²) in [5, 5.41) is 3.41. The average Bonchev–Trinajstić information content (AvgIpc) is 2.18. The van der Waals surface area contributed by atoms with E-state index < -0.39 is 0 Å². The van der Waals surface area contributed by atoms with Crippen LogP contribution in [0.2, 0.25) is 0 Å². The van der Waals surface area contributed by atoms with E-state index in [0.29, 0.717) is 6.04 Å². The molecule has 2 amide bonds. The van der Waals surface area contributed by atoms with Gasteiger partial charge < -0.3 is 16.0 Å². The molecule has 4 heteroatoms. The van der Waals surface area contributed by atoms with Crippen molar-refractivity contribution in [2.24, 2.45) is 5.73 Å². The van der Waals surface area contributed by atoms with Crippen LogP contribution in [-0.2, 0) is 0 Å². The average molecular weight is 199 g/mol. The molecule has 1 heterocycles. The molecule has 1 unspecified atom stereocenters. The Morgan fingerprint density at radius 3 is 2.86 bits per heavy atom. The van der Waals surface area contributed by atoms with Crippen LogP contribution in [0.4, 0.5) is 4.79 Å². The lowest BCUT2D eigenvalue weighted by atomic mass is 10.0. The van der Waals surface area contributed by atoms with E-state index in [4.69, 9.17) is 5.73 Å². The van der Waals surface area contributed by atoms with Crippen LogP contribution >= 0.6 is 0 Å². The second-order valence-electron chi connectivity index (χ2n) is 3.93. The highest BCUT2D eigenvalue weighted by Gasteiger charge is 2.17.